The summed E-state index contributed by atoms with van der Waals surface area (Å²) < 4.78 is 0. The van der Waals surface area contributed by atoms with Crippen LogP contribution in [0, 0.1) is 11.3 Å². The molecule has 0 aromatic heterocycles. The molecule has 0 bridgehead atoms. The highest BCUT2D eigenvalue weighted by Crippen LogP contribution is 2.23. The Balaban J connectivity index is 2.35. The van der Waals surface area contributed by atoms with Crippen molar-refractivity contribution in [3.63, 3.8) is 0 Å². The van der Waals surface area contributed by atoms with E-state index in [1.807, 2.05) is 25.7 Å². The van der Waals surface area contributed by atoms with E-state index < -0.39 is 11.5 Å². The van der Waals surface area contributed by atoms with E-state index in [1.165, 1.54) is 0 Å². The lowest BCUT2D eigenvalue weighted by atomic mass is 9.82. The zero-order chi connectivity index (χ0) is 24.9. The maximum Gasteiger partial charge on any atom is 0.247 e. The standard InChI is InChI=1S/C27H46N2O4/c1-6-13-21(14-7-2)23(30)16-11-12-19-29-20-18-28-22(26(29)33)15-9-10-17-24(31)25(32)27(4,5)8-3/h18,21-22H,6-17,19-20H2,1-5H3. The Hall–Kier alpha value is -1.85. The molecule has 6 nitrogen and oxygen atoms in total. The molecule has 1 aliphatic heterocycles. The highest BCUT2D eigenvalue weighted by atomic mass is 16.2. The van der Waals surface area contributed by atoms with Crippen LogP contribution in [0.3, 0.4) is 0 Å². The smallest absolute Gasteiger partial charge is 0.247 e. The molecule has 0 radical (unpaired) electrons. The van der Waals surface area contributed by atoms with E-state index in [2.05, 4.69) is 18.8 Å². The Morgan fingerprint density at radius 3 is 2.27 bits per heavy atom. The quantitative estimate of drug-likeness (QED) is 0.203. The largest absolute Gasteiger partial charge is 0.336 e. The summed E-state index contributed by atoms with van der Waals surface area (Å²) in [7, 11) is 0. The molecule has 1 rings (SSSR count). The second-order valence-electron chi connectivity index (χ2n) is 10.1. The highest BCUT2D eigenvalue weighted by Gasteiger charge is 2.31. The Bertz CT molecular complexity index is 678. The van der Waals surface area contributed by atoms with Crippen molar-refractivity contribution in [2.75, 3.05) is 13.1 Å². The van der Waals surface area contributed by atoms with Gasteiger partial charge in [0.15, 0.2) is 5.78 Å². The topological polar surface area (TPSA) is 83.9 Å². The minimum Gasteiger partial charge on any atom is -0.336 e. The zero-order valence-electron chi connectivity index (χ0n) is 21.7. The first-order chi connectivity index (χ1) is 15.7. The predicted octanol–water partition coefficient (Wildman–Crippen LogP) is 5.36. The van der Waals surface area contributed by atoms with E-state index >= 15 is 0 Å². The van der Waals surface area contributed by atoms with Crippen LogP contribution in [0.1, 0.15) is 112 Å². The van der Waals surface area contributed by atoms with Crippen molar-refractivity contribution in [2.45, 2.75) is 118 Å². The van der Waals surface area contributed by atoms with Gasteiger partial charge in [0, 0.05) is 36.9 Å². The number of carbonyl (C=O) groups is 4. The average Bonchev–Trinajstić information content (AvgIpc) is 2.80. The molecule has 1 atom stereocenters. The summed E-state index contributed by atoms with van der Waals surface area (Å²) in [5.41, 5.74) is -0.598. The Morgan fingerprint density at radius 2 is 1.67 bits per heavy atom. The van der Waals surface area contributed by atoms with Crippen LogP contribution in [0.4, 0.5) is 0 Å². The number of aliphatic imine (C=N–C) groups is 1. The molecule has 0 saturated heterocycles. The maximum atomic E-state index is 12.8. The van der Waals surface area contributed by atoms with Gasteiger partial charge in [-0.05, 0) is 44.9 Å². The van der Waals surface area contributed by atoms with Crippen LogP contribution < -0.4 is 0 Å². The first-order valence-corrected chi connectivity index (χ1v) is 13.1. The molecule has 0 N–H and O–H groups in total. The van der Waals surface area contributed by atoms with Gasteiger partial charge in [-0.25, -0.2) is 0 Å². The van der Waals surface area contributed by atoms with E-state index in [-0.39, 0.29) is 29.8 Å². The van der Waals surface area contributed by atoms with Gasteiger partial charge in [0.25, 0.3) is 0 Å². The lowest BCUT2D eigenvalue weighted by molar-refractivity contribution is -0.141. The van der Waals surface area contributed by atoms with Gasteiger partial charge in [0.2, 0.25) is 11.7 Å². The van der Waals surface area contributed by atoms with Crippen LogP contribution >= 0.6 is 0 Å². The Labute approximate surface area is 201 Å². The highest BCUT2D eigenvalue weighted by molar-refractivity contribution is 6.38. The number of amides is 1. The van der Waals surface area contributed by atoms with E-state index in [9.17, 15) is 19.2 Å². The molecule has 1 aliphatic rings. The Kier molecular flexibility index (Phi) is 13.4. The number of unbranched alkanes of at least 4 members (excludes halogenated alkanes) is 2. The second kappa shape index (κ2) is 15.1. The minimum atomic E-state index is -0.598. The molecular weight excluding hydrogens is 416 g/mol. The third-order valence-corrected chi connectivity index (χ3v) is 6.90. The van der Waals surface area contributed by atoms with Gasteiger partial charge in [-0.1, -0.05) is 53.9 Å². The van der Waals surface area contributed by atoms with Gasteiger partial charge in [0.1, 0.15) is 11.8 Å². The number of hydrogen-bond acceptors (Lipinski definition) is 5. The summed E-state index contributed by atoms with van der Waals surface area (Å²) in [6, 6.07) is -0.392. The van der Waals surface area contributed by atoms with Crippen LogP contribution in [-0.2, 0) is 19.2 Å². The first kappa shape index (κ1) is 29.2. The van der Waals surface area contributed by atoms with Crippen LogP contribution in [0.5, 0.6) is 0 Å². The molecule has 1 heterocycles. The Morgan fingerprint density at radius 1 is 1.03 bits per heavy atom. The van der Waals surface area contributed by atoms with Crippen molar-refractivity contribution < 1.29 is 19.2 Å². The molecular formula is C27H46N2O4. The fourth-order valence-corrected chi connectivity index (χ4v) is 4.28. The summed E-state index contributed by atoms with van der Waals surface area (Å²) in [6.07, 6.45) is 10.9. The number of Topliss-reactive ketones (excluding diaryl/α,β-unsaturated/α-hetero) is 3. The van der Waals surface area contributed by atoms with Crippen LogP contribution in [0.15, 0.2) is 4.99 Å². The summed E-state index contributed by atoms with van der Waals surface area (Å²) in [6.45, 7) is 11.0. The molecule has 33 heavy (non-hydrogen) atoms. The van der Waals surface area contributed by atoms with Crippen molar-refractivity contribution in [3.8, 4) is 0 Å². The molecule has 1 unspecified atom stereocenters. The third-order valence-electron chi connectivity index (χ3n) is 6.90. The molecule has 0 aromatic carbocycles. The summed E-state index contributed by atoms with van der Waals surface area (Å²) in [5, 5.41) is 0. The molecule has 0 aromatic rings. The maximum absolute atomic E-state index is 12.8. The van der Waals surface area contributed by atoms with E-state index in [4.69, 9.17) is 0 Å². The number of hydrogen-bond donors (Lipinski definition) is 0. The fourth-order valence-electron chi connectivity index (χ4n) is 4.28. The fraction of sp³-hybridized carbons (Fsp3) is 0.815. The third kappa shape index (κ3) is 9.89. The van der Waals surface area contributed by atoms with Gasteiger partial charge in [0.05, 0.1) is 6.54 Å². The van der Waals surface area contributed by atoms with Crippen molar-refractivity contribution in [3.05, 3.63) is 0 Å². The number of rotatable bonds is 18. The van der Waals surface area contributed by atoms with Crippen molar-refractivity contribution in [1.29, 1.82) is 0 Å². The van der Waals surface area contributed by atoms with Gasteiger partial charge in [-0.15, -0.1) is 0 Å². The number of ketones is 3. The second-order valence-corrected chi connectivity index (χ2v) is 10.1. The normalized spacial score (nSPS) is 16.5. The minimum absolute atomic E-state index is 0.0354. The van der Waals surface area contributed by atoms with Gasteiger partial charge < -0.3 is 4.90 Å². The SMILES string of the molecule is CCCC(CCC)C(=O)CCCCN1CC=NC(CCCCC(=O)C(=O)C(C)(C)CC)C1=O. The first-order valence-electron chi connectivity index (χ1n) is 13.1. The molecule has 188 valence electrons. The van der Waals surface area contributed by atoms with Crippen molar-refractivity contribution in [2.24, 2.45) is 16.3 Å². The van der Waals surface area contributed by atoms with Crippen LogP contribution in [0.25, 0.3) is 0 Å². The zero-order valence-corrected chi connectivity index (χ0v) is 21.7. The number of nitrogens with zero attached hydrogens (tertiary/aromatic N) is 2. The lowest BCUT2D eigenvalue weighted by Crippen LogP contribution is -2.43. The molecule has 0 saturated carbocycles. The van der Waals surface area contributed by atoms with Crippen LogP contribution in [0.2, 0.25) is 0 Å². The molecule has 0 fully saturated rings. The predicted molar refractivity (Wildman–Crippen MR) is 134 cm³/mol. The van der Waals surface area contributed by atoms with Crippen molar-refractivity contribution in [1.82, 2.24) is 4.90 Å². The van der Waals surface area contributed by atoms with Gasteiger partial charge >= 0.3 is 0 Å². The number of carbonyl (C=O) groups excluding carboxylic acids is 4. The molecule has 0 spiro atoms. The molecule has 0 aliphatic carbocycles. The van der Waals surface area contributed by atoms with Gasteiger partial charge in [-0.3, -0.25) is 24.2 Å². The van der Waals surface area contributed by atoms with Gasteiger partial charge in [-0.2, -0.15) is 0 Å². The van der Waals surface area contributed by atoms with E-state index in [0.717, 1.165) is 38.5 Å². The summed E-state index contributed by atoms with van der Waals surface area (Å²) in [4.78, 5) is 55.8. The van der Waals surface area contributed by atoms with E-state index in [0.29, 0.717) is 51.0 Å². The van der Waals surface area contributed by atoms with Crippen molar-refractivity contribution >= 4 is 29.5 Å². The van der Waals surface area contributed by atoms with E-state index in [1.54, 1.807) is 6.21 Å². The lowest BCUT2D eigenvalue weighted by Gasteiger charge is -2.28. The summed E-state index contributed by atoms with van der Waals surface area (Å²) >= 11 is 0. The van der Waals surface area contributed by atoms with Crippen LogP contribution in [-0.4, -0.2) is 53.5 Å². The monoisotopic (exact) mass is 462 g/mol. The molecule has 1 amide bonds. The summed E-state index contributed by atoms with van der Waals surface area (Å²) in [5.74, 6) is 0.00346. The average molecular weight is 463 g/mol. The molecule has 6 heteroatoms.